The van der Waals surface area contributed by atoms with Crippen LogP contribution in [0.15, 0.2) is 127 Å². The van der Waals surface area contributed by atoms with Gasteiger partial charge in [-0.15, -0.1) is 0 Å². The van der Waals surface area contributed by atoms with Gasteiger partial charge in [-0.05, 0) is 153 Å². The highest BCUT2D eigenvalue weighted by molar-refractivity contribution is 5.90. The van der Waals surface area contributed by atoms with Crippen molar-refractivity contribution in [1.29, 1.82) is 0 Å². The SMILES string of the molecule is CCC1CCC2CCCC(C2)C12c1ccccc1-c1ccc(N(c3ccc4c(c3)C(C)(C)c3ccccc3-4)c3ccc4c(c3)C3(CCCC3)c3ccccc3-4)cc12. The molecule has 57 heavy (non-hydrogen) atoms. The molecule has 3 saturated carbocycles. The predicted molar refractivity (Wildman–Crippen MR) is 238 cm³/mol. The van der Waals surface area contributed by atoms with Crippen LogP contribution in [0, 0.1) is 17.8 Å². The minimum absolute atomic E-state index is 0.0621. The lowest BCUT2D eigenvalue weighted by Gasteiger charge is -2.46. The maximum absolute atomic E-state index is 2.70. The number of anilines is 3. The van der Waals surface area contributed by atoms with E-state index in [9.17, 15) is 0 Å². The molecule has 0 heterocycles. The monoisotopic (exact) mass is 741 g/mol. The van der Waals surface area contributed by atoms with E-state index in [2.05, 4.69) is 153 Å². The van der Waals surface area contributed by atoms with Gasteiger partial charge < -0.3 is 4.90 Å². The van der Waals surface area contributed by atoms with Gasteiger partial charge in [0.05, 0.1) is 0 Å². The molecule has 2 spiro atoms. The summed E-state index contributed by atoms with van der Waals surface area (Å²) in [4.78, 5) is 2.66. The van der Waals surface area contributed by atoms with Gasteiger partial charge in [0.25, 0.3) is 0 Å². The highest BCUT2D eigenvalue weighted by Crippen LogP contribution is 2.64. The molecular weight excluding hydrogens is 687 g/mol. The maximum Gasteiger partial charge on any atom is 0.0465 e. The Balaban J connectivity index is 1.09. The number of rotatable bonds is 4. The average molecular weight is 742 g/mol. The Morgan fingerprint density at radius 2 is 1.02 bits per heavy atom. The Kier molecular flexibility index (Phi) is 7.39. The van der Waals surface area contributed by atoms with Crippen LogP contribution in [0.4, 0.5) is 17.1 Å². The summed E-state index contributed by atoms with van der Waals surface area (Å²) in [5, 5.41) is 0. The van der Waals surface area contributed by atoms with E-state index < -0.39 is 0 Å². The zero-order chi connectivity index (χ0) is 38.1. The highest BCUT2D eigenvalue weighted by atomic mass is 15.1. The molecule has 4 unspecified atom stereocenters. The van der Waals surface area contributed by atoms with E-state index in [-0.39, 0.29) is 16.2 Å². The van der Waals surface area contributed by atoms with Crippen molar-refractivity contribution in [2.24, 2.45) is 17.8 Å². The van der Waals surface area contributed by atoms with Crippen LogP contribution in [0.5, 0.6) is 0 Å². The van der Waals surface area contributed by atoms with Crippen molar-refractivity contribution in [3.05, 3.63) is 161 Å². The van der Waals surface area contributed by atoms with Crippen LogP contribution in [0.3, 0.4) is 0 Å². The number of nitrogens with zero attached hydrogens (tertiary/aromatic N) is 1. The summed E-state index contributed by atoms with van der Waals surface area (Å²) in [5.41, 5.74) is 21.8. The van der Waals surface area contributed by atoms with Crippen molar-refractivity contribution < 1.29 is 0 Å². The molecule has 4 atom stereocenters. The molecule has 0 aliphatic heterocycles. The van der Waals surface area contributed by atoms with Gasteiger partial charge in [-0.3, -0.25) is 0 Å². The molecule has 0 saturated heterocycles. The smallest absolute Gasteiger partial charge is 0.0465 e. The number of hydrogen-bond donors (Lipinski definition) is 0. The summed E-state index contributed by atoms with van der Waals surface area (Å²) in [7, 11) is 0. The summed E-state index contributed by atoms with van der Waals surface area (Å²) in [6.07, 6.45) is 14.6. The van der Waals surface area contributed by atoms with E-state index in [0.29, 0.717) is 11.8 Å². The Hall–Kier alpha value is -4.88. The molecule has 6 aromatic rings. The summed E-state index contributed by atoms with van der Waals surface area (Å²) >= 11 is 0. The molecule has 0 aromatic heterocycles. The van der Waals surface area contributed by atoms with E-state index in [1.807, 2.05) is 0 Å². The van der Waals surface area contributed by atoms with Crippen molar-refractivity contribution in [2.75, 3.05) is 4.90 Å². The topological polar surface area (TPSA) is 3.24 Å². The van der Waals surface area contributed by atoms with E-state index in [4.69, 9.17) is 0 Å². The van der Waals surface area contributed by atoms with E-state index >= 15 is 0 Å². The fraction of sp³-hybridized carbons (Fsp3) is 0.357. The first-order chi connectivity index (χ1) is 27.9. The second-order valence-corrected chi connectivity index (χ2v) is 19.4. The molecule has 12 rings (SSSR count). The van der Waals surface area contributed by atoms with Crippen molar-refractivity contribution in [1.82, 2.24) is 0 Å². The van der Waals surface area contributed by atoms with Crippen molar-refractivity contribution in [3.8, 4) is 33.4 Å². The van der Waals surface area contributed by atoms with Gasteiger partial charge >= 0.3 is 0 Å². The van der Waals surface area contributed by atoms with E-state index in [0.717, 1.165) is 5.92 Å². The zero-order valence-electron chi connectivity index (χ0n) is 34.1. The number of hydrogen-bond acceptors (Lipinski definition) is 1. The van der Waals surface area contributed by atoms with Crippen LogP contribution in [0.1, 0.15) is 125 Å². The first-order valence-corrected chi connectivity index (χ1v) is 22.5. The molecule has 6 aromatic carbocycles. The molecule has 0 radical (unpaired) electrons. The maximum atomic E-state index is 2.70. The highest BCUT2D eigenvalue weighted by Gasteiger charge is 2.55. The molecule has 6 aliphatic carbocycles. The molecule has 0 N–H and O–H groups in total. The Labute approximate surface area is 340 Å². The predicted octanol–water partition coefficient (Wildman–Crippen LogP) is 15.2. The van der Waals surface area contributed by atoms with Gasteiger partial charge in [-0.2, -0.15) is 0 Å². The molecule has 2 bridgehead atoms. The second-order valence-electron chi connectivity index (χ2n) is 19.4. The van der Waals surface area contributed by atoms with Gasteiger partial charge in [0, 0.05) is 33.3 Å². The molecule has 284 valence electrons. The lowest BCUT2D eigenvalue weighted by Crippen LogP contribution is -2.42. The Morgan fingerprint density at radius 1 is 0.491 bits per heavy atom. The first-order valence-electron chi connectivity index (χ1n) is 22.5. The lowest BCUT2D eigenvalue weighted by atomic mass is 9.57. The van der Waals surface area contributed by atoms with Crippen molar-refractivity contribution in [2.45, 2.75) is 108 Å². The molecule has 0 amide bonds. The van der Waals surface area contributed by atoms with Gasteiger partial charge in [-0.1, -0.05) is 150 Å². The molecule has 3 fully saturated rings. The molecule has 6 aliphatic rings. The fourth-order valence-corrected chi connectivity index (χ4v) is 14.2. The summed E-state index contributed by atoms with van der Waals surface area (Å²) in [5.74, 6) is 2.22. The minimum atomic E-state index is -0.0725. The minimum Gasteiger partial charge on any atom is -0.310 e. The van der Waals surface area contributed by atoms with E-state index in [1.165, 1.54) is 132 Å². The van der Waals surface area contributed by atoms with E-state index in [1.54, 1.807) is 22.3 Å². The van der Waals surface area contributed by atoms with Crippen LogP contribution in [0.2, 0.25) is 0 Å². The van der Waals surface area contributed by atoms with Gasteiger partial charge in [0.1, 0.15) is 0 Å². The fourth-order valence-electron chi connectivity index (χ4n) is 14.2. The van der Waals surface area contributed by atoms with Crippen LogP contribution in [-0.4, -0.2) is 0 Å². The first kappa shape index (κ1) is 34.2. The average Bonchev–Trinajstić information content (AvgIpc) is 3.97. The second kappa shape index (κ2) is 12.3. The third kappa shape index (κ3) is 4.52. The normalized spacial score (nSPS) is 25.0. The lowest BCUT2D eigenvalue weighted by molar-refractivity contribution is 0.171. The summed E-state index contributed by atoms with van der Waals surface area (Å²) in [6, 6.07) is 50.6. The largest absolute Gasteiger partial charge is 0.310 e. The van der Waals surface area contributed by atoms with Gasteiger partial charge in [0.15, 0.2) is 0 Å². The summed E-state index contributed by atoms with van der Waals surface area (Å²) < 4.78 is 0. The molecule has 1 heteroatoms. The van der Waals surface area contributed by atoms with Crippen LogP contribution < -0.4 is 4.90 Å². The van der Waals surface area contributed by atoms with Crippen LogP contribution in [-0.2, 0) is 16.2 Å². The molecular formula is C56H55N. The summed E-state index contributed by atoms with van der Waals surface area (Å²) in [6.45, 7) is 7.34. The third-order valence-electron chi connectivity index (χ3n) is 16.6. The number of benzene rings is 6. The Morgan fingerprint density at radius 3 is 1.70 bits per heavy atom. The molecule has 1 nitrogen and oxygen atoms in total. The van der Waals surface area contributed by atoms with Crippen LogP contribution >= 0.6 is 0 Å². The van der Waals surface area contributed by atoms with Crippen molar-refractivity contribution in [3.63, 3.8) is 0 Å². The van der Waals surface area contributed by atoms with Crippen LogP contribution in [0.25, 0.3) is 33.4 Å². The zero-order valence-corrected chi connectivity index (χ0v) is 34.1. The van der Waals surface area contributed by atoms with Gasteiger partial charge in [-0.25, -0.2) is 0 Å². The van der Waals surface area contributed by atoms with Gasteiger partial charge in [0.2, 0.25) is 0 Å². The number of fused-ring (bicyclic) bond motifs is 16. The van der Waals surface area contributed by atoms with Crippen molar-refractivity contribution >= 4 is 17.1 Å². The quantitative estimate of drug-likeness (QED) is 0.174. The standard InChI is InChI=1S/C56H55N/c1-4-37-23-22-36-14-13-15-38(32-36)56(37)50-21-10-7-18-44(50)47-29-26-41(35-53(47)56)57(39-24-27-45-42-16-5-8-19-48(42)54(2,3)51(45)33-39)40-25-28-46-43-17-6-9-20-49(43)55(52(46)34-40)30-11-12-31-55/h5-10,16-21,24-29,33-38H,4,11-15,22-23,30-32H2,1-3H3. The Bertz CT molecular complexity index is 2600. The third-order valence-corrected chi connectivity index (χ3v) is 16.6.